The standard InChI is InChI=1S/C11H9Cl2N3O2/c1-17-6-2-3-7(12)8(4-6)18-9-10(13)15-5-16-11(9)14/h2-5H,1H3,(H2,14,15,16). The molecule has 0 aliphatic rings. The van der Waals surface area contributed by atoms with Crippen LogP contribution in [0.25, 0.3) is 0 Å². The van der Waals surface area contributed by atoms with Gasteiger partial charge in [-0.15, -0.1) is 0 Å². The number of nitrogens with zero attached hydrogens (tertiary/aromatic N) is 2. The highest BCUT2D eigenvalue weighted by Crippen LogP contribution is 2.37. The normalized spacial score (nSPS) is 10.2. The van der Waals surface area contributed by atoms with Crippen molar-refractivity contribution in [1.29, 1.82) is 0 Å². The van der Waals surface area contributed by atoms with Gasteiger partial charge in [-0.25, -0.2) is 9.97 Å². The summed E-state index contributed by atoms with van der Waals surface area (Å²) in [5.74, 6) is 1.25. The molecular formula is C11H9Cl2N3O2. The number of aromatic nitrogens is 2. The first-order valence-electron chi connectivity index (χ1n) is 4.89. The van der Waals surface area contributed by atoms with Crippen molar-refractivity contribution in [1.82, 2.24) is 9.97 Å². The molecule has 0 saturated carbocycles. The summed E-state index contributed by atoms with van der Waals surface area (Å²) in [6, 6.07) is 4.97. The van der Waals surface area contributed by atoms with E-state index in [9.17, 15) is 0 Å². The van der Waals surface area contributed by atoms with Gasteiger partial charge in [0.25, 0.3) is 0 Å². The van der Waals surface area contributed by atoms with Gasteiger partial charge in [0.15, 0.2) is 11.0 Å². The molecule has 0 atom stereocenters. The van der Waals surface area contributed by atoms with Gasteiger partial charge in [-0.05, 0) is 12.1 Å². The van der Waals surface area contributed by atoms with E-state index in [1.165, 1.54) is 6.33 Å². The molecule has 0 radical (unpaired) electrons. The van der Waals surface area contributed by atoms with Gasteiger partial charge in [0, 0.05) is 6.07 Å². The first-order valence-corrected chi connectivity index (χ1v) is 5.64. The quantitative estimate of drug-likeness (QED) is 0.877. The Kier molecular flexibility index (Phi) is 3.74. The van der Waals surface area contributed by atoms with Gasteiger partial charge in [-0.2, -0.15) is 0 Å². The third kappa shape index (κ3) is 2.57. The minimum absolute atomic E-state index is 0.112. The molecule has 2 rings (SSSR count). The van der Waals surface area contributed by atoms with Crippen molar-refractivity contribution >= 4 is 29.0 Å². The van der Waals surface area contributed by atoms with Crippen LogP contribution in [0.1, 0.15) is 0 Å². The first-order chi connectivity index (χ1) is 8.61. The highest BCUT2D eigenvalue weighted by Gasteiger charge is 2.12. The van der Waals surface area contributed by atoms with E-state index in [0.29, 0.717) is 16.5 Å². The van der Waals surface area contributed by atoms with Crippen LogP contribution in [0.2, 0.25) is 10.2 Å². The molecule has 0 aliphatic carbocycles. The SMILES string of the molecule is COc1ccc(Cl)c(Oc2c(N)ncnc2Cl)c1. The number of hydrogen-bond donors (Lipinski definition) is 1. The molecule has 0 spiro atoms. The van der Waals surface area contributed by atoms with E-state index in [1.807, 2.05) is 0 Å². The summed E-state index contributed by atoms with van der Waals surface area (Å²) in [6.07, 6.45) is 1.25. The zero-order valence-corrected chi connectivity index (χ0v) is 10.9. The van der Waals surface area contributed by atoms with Crippen LogP contribution in [0.5, 0.6) is 17.2 Å². The van der Waals surface area contributed by atoms with Crippen LogP contribution < -0.4 is 15.2 Å². The Hall–Kier alpha value is -1.72. The zero-order chi connectivity index (χ0) is 13.1. The van der Waals surface area contributed by atoms with E-state index >= 15 is 0 Å². The van der Waals surface area contributed by atoms with E-state index in [1.54, 1.807) is 25.3 Å². The third-order valence-electron chi connectivity index (χ3n) is 2.14. The number of anilines is 1. The van der Waals surface area contributed by atoms with Crippen LogP contribution in [-0.4, -0.2) is 17.1 Å². The van der Waals surface area contributed by atoms with Crippen molar-refractivity contribution in [2.24, 2.45) is 0 Å². The number of nitrogens with two attached hydrogens (primary N) is 1. The van der Waals surface area contributed by atoms with Crippen LogP contribution in [-0.2, 0) is 0 Å². The van der Waals surface area contributed by atoms with E-state index in [0.717, 1.165) is 0 Å². The number of ether oxygens (including phenoxy) is 2. The van der Waals surface area contributed by atoms with Gasteiger partial charge in [0.05, 0.1) is 12.1 Å². The Morgan fingerprint density at radius 3 is 2.67 bits per heavy atom. The fourth-order valence-corrected chi connectivity index (χ4v) is 1.59. The highest BCUT2D eigenvalue weighted by atomic mass is 35.5. The van der Waals surface area contributed by atoms with Crippen molar-refractivity contribution in [2.75, 3.05) is 12.8 Å². The first kappa shape index (κ1) is 12.7. The summed E-state index contributed by atoms with van der Waals surface area (Å²) < 4.78 is 10.6. The fourth-order valence-electron chi connectivity index (χ4n) is 1.26. The zero-order valence-electron chi connectivity index (χ0n) is 9.35. The lowest BCUT2D eigenvalue weighted by Gasteiger charge is -2.11. The van der Waals surface area contributed by atoms with E-state index in [-0.39, 0.29) is 16.7 Å². The second-order valence-electron chi connectivity index (χ2n) is 3.28. The second-order valence-corrected chi connectivity index (χ2v) is 4.04. The summed E-state index contributed by atoms with van der Waals surface area (Å²) in [5, 5.41) is 0.511. The van der Waals surface area contributed by atoms with Gasteiger partial charge in [0.2, 0.25) is 5.75 Å². The number of methoxy groups -OCH3 is 1. The van der Waals surface area contributed by atoms with E-state index in [2.05, 4.69) is 9.97 Å². The maximum Gasteiger partial charge on any atom is 0.206 e. The minimum Gasteiger partial charge on any atom is -0.497 e. The molecule has 0 aliphatic heterocycles. The lowest BCUT2D eigenvalue weighted by atomic mass is 10.3. The van der Waals surface area contributed by atoms with Gasteiger partial charge in [-0.1, -0.05) is 23.2 Å². The molecule has 0 fully saturated rings. The van der Waals surface area contributed by atoms with Crippen LogP contribution in [0.3, 0.4) is 0 Å². The Bertz CT molecular complexity index is 558. The molecule has 1 aromatic heterocycles. The van der Waals surface area contributed by atoms with Crippen LogP contribution in [0.4, 0.5) is 5.82 Å². The maximum atomic E-state index is 6.00. The number of rotatable bonds is 3. The van der Waals surface area contributed by atoms with Crippen molar-refractivity contribution in [3.8, 4) is 17.2 Å². The highest BCUT2D eigenvalue weighted by molar-refractivity contribution is 6.32. The average molecular weight is 286 g/mol. The van der Waals surface area contributed by atoms with Gasteiger partial charge >= 0.3 is 0 Å². The molecule has 0 saturated heterocycles. The molecule has 2 aromatic rings. The average Bonchev–Trinajstić information content (AvgIpc) is 2.36. The van der Waals surface area contributed by atoms with Gasteiger partial charge in [0.1, 0.15) is 17.8 Å². The fraction of sp³-hybridized carbons (Fsp3) is 0.0909. The number of nitrogen functional groups attached to an aromatic ring is 1. The second kappa shape index (κ2) is 5.29. The van der Waals surface area contributed by atoms with Crippen LogP contribution >= 0.6 is 23.2 Å². The van der Waals surface area contributed by atoms with Crippen molar-refractivity contribution in [3.63, 3.8) is 0 Å². The third-order valence-corrected chi connectivity index (χ3v) is 2.72. The smallest absolute Gasteiger partial charge is 0.206 e. The molecular weight excluding hydrogens is 277 g/mol. The summed E-state index contributed by atoms with van der Waals surface area (Å²) in [6.45, 7) is 0. The lowest BCUT2D eigenvalue weighted by molar-refractivity contribution is 0.409. The number of benzene rings is 1. The molecule has 94 valence electrons. The molecule has 0 bridgehead atoms. The minimum atomic E-state index is 0.112. The van der Waals surface area contributed by atoms with Crippen molar-refractivity contribution < 1.29 is 9.47 Å². The molecule has 1 aromatic carbocycles. The Balaban J connectivity index is 2.39. The van der Waals surface area contributed by atoms with Crippen molar-refractivity contribution in [3.05, 3.63) is 34.7 Å². The van der Waals surface area contributed by atoms with E-state index in [4.69, 9.17) is 38.4 Å². The molecule has 0 amide bonds. The van der Waals surface area contributed by atoms with E-state index < -0.39 is 0 Å². The molecule has 5 nitrogen and oxygen atoms in total. The monoisotopic (exact) mass is 285 g/mol. The Morgan fingerprint density at radius 1 is 1.22 bits per heavy atom. The van der Waals surface area contributed by atoms with Crippen LogP contribution in [0.15, 0.2) is 24.5 Å². The Morgan fingerprint density at radius 2 is 2.00 bits per heavy atom. The van der Waals surface area contributed by atoms with Gasteiger partial charge in [-0.3, -0.25) is 0 Å². The predicted octanol–water partition coefficient (Wildman–Crippen LogP) is 3.17. The Labute approximate surface area is 113 Å². The molecule has 2 N–H and O–H groups in total. The summed E-state index contributed by atoms with van der Waals surface area (Å²) in [4.78, 5) is 7.57. The molecule has 7 heteroatoms. The topological polar surface area (TPSA) is 70.3 Å². The summed E-state index contributed by atoms with van der Waals surface area (Å²) in [5.41, 5.74) is 5.65. The van der Waals surface area contributed by atoms with Crippen molar-refractivity contribution in [2.45, 2.75) is 0 Å². The maximum absolute atomic E-state index is 6.00. The summed E-state index contributed by atoms with van der Waals surface area (Å²) in [7, 11) is 1.54. The summed E-state index contributed by atoms with van der Waals surface area (Å²) >= 11 is 11.9. The number of hydrogen-bond acceptors (Lipinski definition) is 5. The van der Waals surface area contributed by atoms with Crippen LogP contribution in [0, 0.1) is 0 Å². The molecule has 18 heavy (non-hydrogen) atoms. The molecule has 0 unspecified atom stereocenters. The predicted molar refractivity (Wildman–Crippen MR) is 69.5 cm³/mol. The molecule has 1 heterocycles. The van der Waals surface area contributed by atoms with Gasteiger partial charge < -0.3 is 15.2 Å². The number of halogens is 2. The lowest BCUT2D eigenvalue weighted by Crippen LogP contribution is -1.98. The largest absolute Gasteiger partial charge is 0.497 e.